The van der Waals surface area contributed by atoms with Crippen molar-refractivity contribution in [1.29, 1.82) is 0 Å². The van der Waals surface area contributed by atoms with Crippen LogP contribution >= 0.6 is 23.2 Å². The van der Waals surface area contributed by atoms with Crippen LogP contribution in [0.15, 0.2) is 36.4 Å². The Bertz CT molecular complexity index is 1020. The fourth-order valence-electron chi connectivity index (χ4n) is 3.28. The van der Waals surface area contributed by atoms with Gasteiger partial charge in [-0.25, -0.2) is 9.18 Å². The lowest BCUT2D eigenvalue weighted by molar-refractivity contribution is -0.149. The van der Waals surface area contributed by atoms with Crippen LogP contribution in [0.4, 0.5) is 26.7 Å². The number of urea groups is 1. The molecule has 0 spiro atoms. The second kappa shape index (κ2) is 8.90. The summed E-state index contributed by atoms with van der Waals surface area (Å²) in [5.41, 5.74) is -1.15. The molecule has 0 atom stereocenters. The number of rotatable bonds is 6. The van der Waals surface area contributed by atoms with Gasteiger partial charge in [0, 0.05) is 21.2 Å². The van der Waals surface area contributed by atoms with Crippen LogP contribution in [0.1, 0.15) is 23.1 Å². The number of alkyl halides is 4. The van der Waals surface area contributed by atoms with E-state index in [9.17, 15) is 36.3 Å². The van der Waals surface area contributed by atoms with E-state index in [1.54, 1.807) is 0 Å². The topological polar surface area (TPSA) is 57.7 Å². The van der Waals surface area contributed by atoms with Crippen LogP contribution in [0, 0.1) is 12.7 Å². The van der Waals surface area contributed by atoms with E-state index in [4.69, 9.17) is 23.2 Å². The van der Waals surface area contributed by atoms with Gasteiger partial charge in [-0.05, 0) is 48.9 Å². The molecule has 3 rings (SSSR count). The molecule has 2 aromatic rings. The van der Waals surface area contributed by atoms with Crippen molar-refractivity contribution in [1.82, 2.24) is 9.80 Å². The highest BCUT2D eigenvalue weighted by atomic mass is 35.5. The standard InChI is InChI=1S/C21H15Cl2F5N2O3/c1-11-2-12(4-14(22)3-11)20(25,26)9-29-17(31)8-18(32)30(19(29)33)10-21(27,28)13-5-15(23)7-16(24)6-13/h2-7H,8-10H2,1H3. The van der Waals surface area contributed by atoms with Gasteiger partial charge in [-0.3, -0.25) is 19.4 Å². The fourth-order valence-corrected chi connectivity index (χ4v) is 3.79. The van der Waals surface area contributed by atoms with Crippen LogP contribution < -0.4 is 0 Å². The molecule has 1 fully saturated rings. The molecule has 0 aliphatic carbocycles. The summed E-state index contributed by atoms with van der Waals surface area (Å²) >= 11 is 11.4. The molecule has 1 aliphatic rings. The molecule has 176 valence electrons. The second-order valence-corrected chi connectivity index (χ2v) is 8.38. The van der Waals surface area contributed by atoms with Gasteiger partial charge in [-0.15, -0.1) is 0 Å². The first-order valence-electron chi connectivity index (χ1n) is 9.34. The number of aryl methyl sites for hydroxylation is 1. The van der Waals surface area contributed by atoms with Crippen LogP contribution in [0.3, 0.4) is 0 Å². The first kappa shape index (κ1) is 24.9. The molecule has 1 saturated heterocycles. The average Bonchev–Trinajstić information content (AvgIpc) is 2.67. The molecule has 2 aromatic carbocycles. The molecule has 0 unspecified atom stereocenters. The Hall–Kier alpha value is -2.72. The molecule has 0 aromatic heterocycles. The van der Waals surface area contributed by atoms with E-state index >= 15 is 0 Å². The largest absolute Gasteiger partial charge is 0.333 e. The molecule has 0 radical (unpaired) electrons. The van der Waals surface area contributed by atoms with Gasteiger partial charge in [0.2, 0.25) is 11.8 Å². The number of hydrogen-bond acceptors (Lipinski definition) is 3. The summed E-state index contributed by atoms with van der Waals surface area (Å²) in [6, 6.07) is 3.79. The molecule has 12 heteroatoms. The summed E-state index contributed by atoms with van der Waals surface area (Å²) in [5.74, 6) is -11.4. The first-order valence-corrected chi connectivity index (χ1v) is 10.1. The van der Waals surface area contributed by atoms with E-state index in [0.29, 0.717) is 11.6 Å². The minimum atomic E-state index is -3.98. The minimum Gasteiger partial charge on any atom is -0.274 e. The number of imide groups is 2. The van der Waals surface area contributed by atoms with E-state index in [-0.39, 0.29) is 19.8 Å². The molecule has 1 heterocycles. The summed E-state index contributed by atoms with van der Waals surface area (Å²) in [4.78, 5) is 37.0. The molecule has 33 heavy (non-hydrogen) atoms. The fraction of sp³-hybridized carbons (Fsp3) is 0.286. The Balaban J connectivity index is 1.87. The molecule has 0 bridgehead atoms. The second-order valence-electron chi connectivity index (χ2n) is 7.50. The van der Waals surface area contributed by atoms with Gasteiger partial charge in [0.05, 0.1) is 13.1 Å². The highest BCUT2D eigenvalue weighted by Crippen LogP contribution is 2.35. The molecule has 5 nitrogen and oxygen atoms in total. The van der Waals surface area contributed by atoms with Gasteiger partial charge in [-0.2, -0.15) is 17.6 Å². The minimum absolute atomic E-state index is 0.00817. The van der Waals surface area contributed by atoms with Crippen molar-refractivity contribution < 1.29 is 36.3 Å². The third-order valence-corrected chi connectivity index (χ3v) is 5.27. The number of halogens is 7. The maximum atomic E-state index is 14.9. The zero-order valence-corrected chi connectivity index (χ0v) is 18.4. The number of carbonyl (C=O) groups excluding carboxylic acids is 3. The summed E-state index contributed by atoms with van der Waals surface area (Å²) in [6.07, 6.45) is -1.07. The summed E-state index contributed by atoms with van der Waals surface area (Å²) in [6.45, 7) is -1.59. The van der Waals surface area contributed by atoms with E-state index in [0.717, 1.165) is 24.3 Å². The SMILES string of the molecule is Cc1cc(Cl)cc(C(F)(F)CN2C(=O)CC(=O)N(CC(F)(F)c3cc(F)cc(Cl)c3)C2=O)c1. The van der Waals surface area contributed by atoms with Crippen LogP contribution in [-0.2, 0) is 21.4 Å². The number of carbonyl (C=O) groups is 3. The lowest BCUT2D eigenvalue weighted by atomic mass is 10.0. The van der Waals surface area contributed by atoms with Gasteiger partial charge < -0.3 is 0 Å². The quantitative estimate of drug-likeness (QED) is 0.382. The first-order chi connectivity index (χ1) is 15.2. The summed E-state index contributed by atoms with van der Waals surface area (Å²) in [5, 5.41) is -0.361. The van der Waals surface area contributed by atoms with Crippen LogP contribution in [0.5, 0.6) is 0 Å². The molecular weight excluding hydrogens is 494 g/mol. The number of benzene rings is 2. The molecule has 1 aliphatic heterocycles. The van der Waals surface area contributed by atoms with Gasteiger partial charge in [0.1, 0.15) is 12.2 Å². The monoisotopic (exact) mass is 508 g/mol. The van der Waals surface area contributed by atoms with Crippen molar-refractivity contribution >= 4 is 41.0 Å². The smallest absolute Gasteiger partial charge is 0.274 e. The van der Waals surface area contributed by atoms with Crippen molar-refractivity contribution in [3.63, 3.8) is 0 Å². The lowest BCUT2D eigenvalue weighted by Crippen LogP contribution is -2.59. The normalized spacial score (nSPS) is 15.5. The predicted octanol–water partition coefficient (Wildman–Crippen LogP) is 5.51. The van der Waals surface area contributed by atoms with Crippen molar-refractivity contribution in [3.8, 4) is 0 Å². The van der Waals surface area contributed by atoms with E-state index in [1.165, 1.54) is 13.0 Å². The molecule has 0 saturated carbocycles. The van der Waals surface area contributed by atoms with Crippen molar-refractivity contribution in [2.24, 2.45) is 0 Å². The Morgan fingerprint density at radius 2 is 1.24 bits per heavy atom. The van der Waals surface area contributed by atoms with Gasteiger partial charge >= 0.3 is 6.03 Å². The number of hydrogen-bond donors (Lipinski definition) is 0. The zero-order valence-electron chi connectivity index (χ0n) is 16.9. The average molecular weight is 509 g/mol. The third-order valence-electron chi connectivity index (χ3n) is 4.83. The number of barbiturate groups is 1. The zero-order chi connectivity index (χ0) is 24.7. The highest BCUT2D eigenvalue weighted by molar-refractivity contribution is 6.31. The van der Waals surface area contributed by atoms with E-state index < -0.39 is 66.1 Å². The highest BCUT2D eigenvalue weighted by Gasteiger charge is 2.48. The van der Waals surface area contributed by atoms with Crippen LogP contribution in [0.25, 0.3) is 0 Å². The summed E-state index contributed by atoms with van der Waals surface area (Å²) in [7, 11) is 0. The Kier molecular flexibility index (Phi) is 6.72. The molecular formula is C21H15Cl2F5N2O3. The Morgan fingerprint density at radius 3 is 1.70 bits per heavy atom. The van der Waals surface area contributed by atoms with E-state index in [2.05, 4.69) is 0 Å². The van der Waals surface area contributed by atoms with Gasteiger partial charge in [0.15, 0.2) is 0 Å². The maximum Gasteiger partial charge on any atom is 0.333 e. The maximum absolute atomic E-state index is 14.9. The Labute approximate surface area is 194 Å². The van der Waals surface area contributed by atoms with Crippen molar-refractivity contribution in [2.45, 2.75) is 25.2 Å². The van der Waals surface area contributed by atoms with Crippen LogP contribution in [-0.4, -0.2) is 40.7 Å². The van der Waals surface area contributed by atoms with Gasteiger partial charge in [0.25, 0.3) is 11.8 Å². The summed E-state index contributed by atoms with van der Waals surface area (Å²) < 4.78 is 72.6. The van der Waals surface area contributed by atoms with Gasteiger partial charge in [-0.1, -0.05) is 23.2 Å². The molecule has 4 amide bonds. The van der Waals surface area contributed by atoms with Crippen molar-refractivity contribution in [3.05, 3.63) is 69.0 Å². The lowest BCUT2D eigenvalue weighted by Gasteiger charge is -2.36. The van der Waals surface area contributed by atoms with E-state index in [1.807, 2.05) is 0 Å². The predicted molar refractivity (Wildman–Crippen MR) is 109 cm³/mol. The third kappa shape index (κ3) is 5.44. The van der Waals surface area contributed by atoms with Crippen LogP contribution in [0.2, 0.25) is 10.0 Å². The number of nitrogens with zero attached hydrogens (tertiary/aromatic N) is 2. The number of amides is 4. The Morgan fingerprint density at radius 1 is 0.788 bits per heavy atom. The van der Waals surface area contributed by atoms with Crippen molar-refractivity contribution in [2.75, 3.05) is 13.1 Å². The molecule has 0 N–H and O–H groups in total.